The molecule has 1 fully saturated rings. The van der Waals surface area contributed by atoms with Crippen LogP contribution >= 0.6 is 0 Å². The van der Waals surface area contributed by atoms with Gasteiger partial charge in [-0.3, -0.25) is 0 Å². The van der Waals surface area contributed by atoms with Crippen molar-refractivity contribution >= 4 is 5.96 Å². The SMILES string of the molecule is CCNC(=NCc1ccc(C#N)cc1)N(C)CCOCC1CC1. The Bertz CT molecular complexity index is 543. The smallest absolute Gasteiger partial charge is 0.194 e. The fourth-order valence-electron chi connectivity index (χ4n) is 2.16. The Kier molecular flexibility index (Phi) is 6.89. The maximum absolute atomic E-state index is 8.82. The molecule has 0 spiro atoms. The minimum atomic E-state index is 0.599. The summed E-state index contributed by atoms with van der Waals surface area (Å²) in [5.41, 5.74) is 1.77. The van der Waals surface area contributed by atoms with Gasteiger partial charge in [0.05, 0.1) is 24.8 Å². The minimum absolute atomic E-state index is 0.599. The van der Waals surface area contributed by atoms with Gasteiger partial charge in [-0.2, -0.15) is 5.26 Å². The average molecular weight is 314 g/mol. The number of aliphatic imine (C=N–C) groups is 1. The van der Waals surface area contributed by atoms with Crippen molar-refractivity contribution in [2.75, 3.05) is 33.4 Å². The molecule has 1 aromatic carbocycles. The second-order valence-electron chi connectivity index (χ2n) is 5.92. The maximum atomic E-state index is 8.82. The largest absolute Gasteiger partial charge is 0.379 e. The molecule has 0 amide bonds. The first-order valence-corrected chi connectivity index (χ1v) is 8.29. The number of hydrogen-bond acceptors (Lipinski definition) is 3. The molecule has 0 bridgehead atoms. The van der Waals surface area contributed by atoms with Gasteiger partial charge in [-0.25, -0.2) is 4.99 Å². The first-order valence-electron chi connectivity index (χ1n) is 8.29. The van der Waals surface area contributed by atoms with Crippen molar-refractivity contribution in [2.24, 2.45) is 10.9 Å². The van der Waals surface area contributed by atoms with E-state index >= 15 is 0 Å². The van der Waals surface area contributed by atoms with E-state index in [1.54, 1.807) is 0 Å². The fourth-order valence-corrected chi connectivity index (χ4v) is 2.16. The van der Waals surface area contributed by atoms with Crippen molar-refractivity contribution in [1.29, 1.82) is 5.26 Å². The quantitative estimate of drug-likeness (QED) is 0.455. The molecule has 0 unspecified atom stereocenters. The molecule has 0 heterocycles. The van der Waals surface area contributed by atoms with Crippen LogP contribution in [0, 0.1) is 17.2 Å². The average Bonchev–Trinajstić information content (AvgIpc) is 3.40. The molecule has 5 nitrogen and oxygen atoms in total. The van der Waals surface area contributed by atoms with Gasteiger partial charge in [-0.15, -0.1) is 0 Å². The molecule has 0 saturated heterocycles. The summed E-state index contributed by atoms with van der Waals surface area (Å²) in [7, 11) is 2.03. The second-order valence-corrected chi connectivity index (χ2v) is 5.92. The van der Waals surface area contributed by atoms with Crippen LogP contribution in [0.1, 0.15) is 30.9 Å². The predicted octanol–water partition coefficient (Wildman–Crippen LogP) is 2.38. The topological polar surface area (TPSA) is 60.7 Å². The lowest BCUT2D eigenvalue weighted by Crippen LogP contribution is -2.40. The summed E-state index contributed by atoms with van der Waals surface area (Å²) in [6, 6.07) is 9.68. The van der Waals surface area contributed by atoms with Gasteiger partial charge < -0.3 is 15.0 Å². The zero-order chi connectivity index (χ0) is 16.5. The Morgan fingerprint density at radius 3 is 2.74 bits per heavy atom. The Morgan fingerprint density at radius 2 is 2.13 bits per heavy atom. The van der Waals surface area contributed by atoms with E-state index in [1.807, 2.05) is 31.3 Å². The van der Waals surface area contributed by atoms with E-state index in [0.717, 1.165) is 43.7 Å². The maximum Gasteiger partial charge on any atom is 0.194 e. The highest BCUT2D eigenvalue weighted by Crippen LogP contribution is 2.28. The van der Waals surface area contributed by atoms with Gasteiger partial charge in [-0.1, -0.05) is 12.1 Å². The Hall–Kier alpha value is -2.06. The van der Waals surface area contributed by atoms with Crippen LogP contribution in [0.3, 0.4) is 0 Å². The number of hydrogen-bond donors (Lipinski definition) is 1. The molecule has 23 heavy (non-hydrogen) atoms. The van der Waals surface area contributed by atoms with E-state index in [2.05, 4.69) is 28.2 Å². The van der Waals surface area contributed by atoms with Crippen molar-refractivity contribution < 1.29 is 4.74 Å². The van der Waals surface area contributed by atoms with Gasteiger partial charge in [-0.05, 0) is 43.4 Å². The first-order chi connectivity index (χ1) is 11.2. The summed E-state index contributed by atoms with van der Waals surface area (Å²) in [4.78, 5) is 6.76. The van der Waals surface area contributed by atoms with Crippen LogP contribution in [0.5, 0.6) is 0 Å². The molecule has 1 aromatic rings. The molecule has 2 rings (SSSR count). The number of rotatable bonds is 8. The summed E-state index contributed by atoms with van der Waals surface area (Å²) in [5, 5.41) is 12.1. The van der Waals surface area contributed by atoms with Crippen LogP contribution in [0.15, 0.2) is 29.3 Å². The van der Waals surface area contributed by atoms with Crippen molar-refractivity contribution in [2.45, 2.75) is 26.3 Å². The summed E-state index contributed by atoms with van der Waals surface area (Å²) in [6.45, 7) is 5.95. The van der Waals surface area contributed by atoms with Gasteiger partial charge in [0, 0.05) is 26.7 Å². The third-order valence-corrected chi connectivity index (χ3v) is 3.81. The summed E-state index contributed by atoms with van der Waals surface area (Å²) >= 11 is 0. The standard InChI is InChI=1S/C18H26N4O/c1-3-20-18(22(2)10-11-23-14-17-8-9-17)21-13-16-6-4-15(12-19)5-7-16/h4-7,17H,3,8-11,13-14H2,1-2H3,(H,20,21). The van der Waals surface area contributed by atoms with E-state index in [9.17, 15) is 0 Å². The Balaban J connectivity index is 1.82. The van der Waals surface area contributed by atoms with Gasteiger partial charge in [0.1, 0.15) is 0 Å². The number of benzene rings is 1. The lowest BCUT2D eigenvalue weighted by Gasteiger charge is -2.22. The normalized spacial score (nSPS) is 14.4. The van der Waals surface area contributed by atoms with Crippen LogP contribution in [0.2, 0.25) is 0 Å². The number of nitrogens with one attached hydrogen (secondary N) is 1. The first kappa shape index (κ1) is 17.3. The van der Waals surface area contributed by atoms with Crippen LogP contribution < -0.4 is 5.32 Å². The molecule has 0 aliphatic heterocycles. The van der Waals surface area contributed by atoms with E-state index < -0.39 is 0 Å². The molecule has 0 radical (unpaired) electrons. The van der Waals surface area contributed by atoms with E-state index in [-0.39, 0.29) is 0 Å². The van der Waals surface area contributed by atoms with Crippen molar-refractivity contribution in [3.63, 3.8) is 0 Å². The lowest BCUT2D eigenvalue weighted by atomic mass is 10.1. The zero-order valence-corrected chi connectivity index (χ0v) is 14.1. The summed E-state index contributed by atoms with van der Waals surface area (Å²) < 4.78 is 5.69. The highest BCUT2D eigenvalue weighted by Gasteiger charge is 2.21. The number of nitriles is 1. The lowest BCUT2D eigenvalue weighted by molar-refractivity contribution is 0.115. The highest BCUT2D eigenvalue weighted by molar-refractivity contribution is 5.79. The van der Waals surface area contributed by atoms with Gasteiger partial charge in [0.25, 0.3) is 0 Å². The van der Waals surface area contributed by atoms with E-state index in [1.165, 1.54) is 12.8 Å². The molecule has 1 N–H and O–H groups in total. The zero-order valence-electron chi connectivity index (χ0n) is 14.1. The molecular formula is C18H26N4O. The molecule has 5 heteroatoms. The molecule has 0 atom stereocenters. The van der Waals surface area contributed by atoms with Crippen molar-refractivity contribution in [3.05, 3.63) is 35.4 Å². The third-order valence-electron chi connectivity index (χ3n) is 3.81. The number of likely N-dealkylation sites (N-methyl/N-ethyl adjacent to an activating group) is 1. The molecule has 1 saturated carbocycles. The monoisotopic (exact) mass is 314 g/mol. The highest BCUT2D eigenvalue weighted by atomic mass is 16.5. The van der Waals surface area contributed by atoms with Gasteiger partial charge in [0.15, 0.2) is 5.96 Å². The predicted molar refractivity (Wildman–Crippen MR) is 92.1 cm³/mol. The van der Waals surface area contributed by atoms with Crippen LogP contribution in [0.4, 0.5) is 0 Å². The van der Waals surface area contributed by atoms with Crippen molar-refractivity contribution in [1.82, 2.24) is 10.2 Å². The van der Waals surface area contributed by atoms with Crippen LogP contribution in [0.25, 0.3) is 0 Å². The van der Waals surface area contributed by atoms with Crippen LogP contribution in [-0.2, 0) is 11.3 Å². The number of ether oxygens (including phenoxy) is 1. The molecular weight excluding hydrogens is 288 g/mol. The number of guanidine groups is 1. The Morgan fingerprint density at radius 1 is 1.39 bits per heavy atom. The van der Waals surface area contributed by atoms with E-state index in [4.69, 9.17) is 10.00 Å². The van der Waals surface area contributed by atoms with Crippen LogP contribution in [-0.4, -0.2) is 44.2 Å². The van der Waals surface area contributed by atoms with Gasteiger partial charge in [0.2, 0.25) is 0 Å². The molecule has 0 aromatic heterocycles. The summed E-state index contributed by atoms with van der Waals surface area (Å²) in [6.07, 6.45) is 2.65. The molecule has 124 valence electrons. The number of nitrogens with zero attached hydrogens (tertiary/aromatic N) is 3. The molecule has 1 aliphatic carbocycles. The third kappa shape index (κ3) is 6.29. The fraction of sp³-hybridized carbons (Fsp3) is 0.556. The second kappa shape index (κ2) is 9.16. The molecule has 1 aliphatic rings. The van der Waals surface area contributed by atoms with Gasteiger partial charge >= 0.3 is 0 Å². The summed E-state index contributed by atoms with van der Waals surface area (Å²) in [5.74, 6) is 1.69. The Labute approximate surface area is 139 Å². The minimum Gasteiger partial charge on any atom is -0.379 e. The van der Waals surface area contributed by atoms with Crippen molar-refractivity contribution in [3.8, 4) is 6.07 Å². The van der Waals surface area contributed by atoms with E-state index in [0.29, 0.717) is 12.1 Å².